The second-order valence-electron chi connectivity index (χ2n) is 8.04. The number of rotatable bonds is 6. The topological polar surface area (TPSA) is 103 Å². The maximum Gasteiger partial charge on any atom is 0.255 e. The van der Waals surface area contributed by atoms with E-state index in [1.807, 2.05) is 24.3 Å². The van der Waals surface area contributed by atoms with Crippen molar-refractivity contribution < 1.29 is 22.7 Å². The SMILES string of the molecule is O=C(Nc1cnn(CC2COc3ccccc3O2)c1)c1ccc(S(=O)(=O)N2CCCC2)cc1. The Morgan fingerprint density at radius 2 is 1.79 bits per heavy atom. The molecule has 1 unspecified atom stereocenters. The van der Waals surface area contributed by atoms with Gasteiger partial charge in [-0.15, -0.1) is 0 Å². The van der Waals surface area contributed by atoms with Crippen LogP contribution in [0.5, 0.6) is 11.5 Å². The Hall–Kier alpha value is -3.37. The average molecular weight is 469 g/mol. The molecule has 1 saturated heterocycles. The van der Waals surface area contributed by atoms with Crippen molar-refractivity contribution in [3.63, 3.8) is 0 Å². The number of amides is 1. The van der Waals surface area contributed by atoms with E-state index in [0.717, 1.165) is 18.6 Å². The van der Waals surface area contributed by atoms with Gasteiger partial charge in [-0.3, -0.25) is 9.48 Å². The molecule has 5 rings (SSSR count). The lowest BCUT2D eigenvalue weighted by atomic mass is 10.2. The molecule has 9 nitrogen and oxygen atoms in total. The molecule has 2 aliphatic heterocycles. The van der Waals surface area contributed by atoms with Crippen molar-refractivity contribution in [3.8, 4) is 11.5 Å². The first-order chi connectivity index (χ1) is 16.0. The molecule has 172 valence electrons. The summed E-state index contributed by atoms with van der Waals surface area (Å²) in [6, 6.07) is 13.5. The molecule has 2 aliphatic rings. The number of carbonyl (C=O) groups excluding carboxylic acids is 1. The summed E-state index contributed by atoms with van der Waals surface area (Å²) in [4.78, 5) is 12.8. The van der Waals surface area contributed by atoms with Gasteiger partial charge >= 0.3 is 0 Å². The van der Waals surface area contributed by atoms with Gasteiger partial charge in [-0.2, -0.15) is 9.40 Å². The van der Waals surface area contributed by atoms with E-state index >= 15 is 0 Å². The number of anilines is 1. The number of aromatic nitrogens is 2. The van der Waals surface area contributed by atoms with E-state index in [1.54, 1.807) is 17.1 Å². The molecule has 1 fully saturated rings. The van der Waals surface area contributed by atoms with Crippen molar-refractivity contribution in [1.82, 2.24) is 14.1 Å². The zero-order chi connectivity index (χ0) is 22.8. The van der Waals surface area contributed by atoms with Crippen LogP contribution in [0.25, 0.3) is 0 Å². The molecule has 3 heterocycles. The Kier molecular flexibility index (Phi) is 5.77. The van der Waals surface area contributed by atoms with E-state index in [4.69, 9.17) is 9.47 Å². The number of nitrogens with one attached hydrogen (secondary N) is 1. The van der Waals surface area contributed by atoms with Crippen LogP contribution < -0.4 is 14.8 Å². The maximum absolute atomic E-state index is 12.6. The standard InChI is InChI=1S/C23H24N4O5S/c28-23(17-7-9-20(10-8-17)33(29,30)27-11-3-4-12-27)25-18-13-24-26(14-18)15-19-16-31-21-5-1-2-6-22(21)32-19/h1-2,5-10,13-14,19H,3-4,11-12,15-16H2,(H,25,28). The Labute approximate surface area is 192 Å². The second-order valence-corrected chi connectivity index (χ2v) is 9.98. The maximum atomic E-state index is 12.6. The Morgan fingerprint density at radius 3 is 2.55 bits per heavy atom. The highest BCUT2D eigenvalue weighted by molar-refractivity contribution is 7.89. The van der Waals surface area contributed by atoms with Gasteiger partial charge in [0.05, 0.1) is 23.3 Å². The lowest BCUT2D eigenvalue weighted by Gasteiger charge is -2.26. The summed E-state index contributed by atoms with van der Waals surface area (Å²) in [7, 11) is -3.50. The van der Waals surface area contributed by atoms with Gasteiger partial charge in [-0.1, -0.05) is 12.1 Å². The van der Waals surface area contributed by atoms with Crippen molar-refractivity contribution in [3.05, 3.63) is 66.5 Å². The van der Waals surface area contributed by atoms with Crippen molar-refractivity contribution in [2.75, 3.05) is 25.0 Å². The third-order valence-corrected chi connectivity index (χ3v) is 7.58. The van der Waals surface area contributed by atoms with Crippen LogP contribution in [-0.4, -0.2) is 54.2 Å². The number of ether oxygens (including phenoxy) is 2. The average Bonchev–Trinajstić information content (AvgIpc) is 3.52. The summed E-state index contributed by atoms with van der Waals surface area (Å²) in [6.07, 6.45) is 4.82. The number of hydrogen-bond acceptors (Lipinski definition) is 6. The Bertz CT molecular complexity index is 1250. The van der Waals surface area contributed by atoms with Crippen molar-refractivity contribution in [2.45, 2.75) is 30.4 Å². The van der Waals surface area contributed by atoms with Crippen molar-refractivity contribution in [2.24, 2.45) is 0 Å². The highest BCUT2D eigenvalue weighted by Crippen LogP contribution is 2.31. The van der Waals surface area contributed by atoms with Gasteiger partial charge in [0.25, 0.3) is 5.91 Å². The summed E-state index contributed by atoms with van der Waals surface area (Å²) in [5, 5.41) is 7.08. The molecule has 0 saturated carbocycles. The summed E-state index contributed by atoms with van der Waals surface area (Å²) in [6.45, 7) is 1.96. The number of sulfonamides is 1. The molecule has 3 aromatic rings. The quantitative estimate of drug-likeness (QED) is 0.597. The third-order valence-electron chi connectivity index (χ3n) is 5.67. The van der Waals surface area contributed by atoms with Crippen LogP contribution in [0.1, 0.15) is 23.2 Å². The molecular formula is C23H24N4O5S. The first-order valence-corrected chi connectivity index (χ1v) is 12.3. The molecule has 10 heteroatoms. The van der Waals surface area contributed by atoms with Gasteiger partial charge in [-0.05, 0) is 49.2 Å². The predicted octanol–water partition coefficient (Wildman–Crippen LogP) is 2.76. The van der Waals surface area contributed by atoms with E-state index in [1.165, 1.54) is 28.6 Å². The molecule has 1 aromatic heterocycles. The molecule has 0 radical (unpaired) electrons. The monoisotopic (exact) mass is 468 g/mol. The number of benzene rings is 2. The van der Waals surface area contributed by atoms with Gasteiger partial charge in [0, 0.05) is 24.8 Å². The summed E-state index contributed by atoms with van der Waals surface area (Å²) in [5.41, 5.74) is 0.898. The van der Waals surface area contributed by atoms with Crippen LogP contribution in [0, 0.1) is 0 Å². The Morgan fingerprint density at radius 1 is 1.06 bits per heavy atom. The normalized spacial score (nSPS) is 18.2. The zero-order valence-corrected chi connectivity index (χ0v) is 18.7. The number of hydrogen-bond donors (Lipinski definition) is 1. The lowest BCUT2D eigenvalue weighted by Crippen LogP contribution is -2.33. The lowest BCUT2D eigenvalue weighted by molar-refractivity contribution is 0.0759. The van der Waals surface area contributed by atoms with Crippen LogP contribution in [0.4, 0.5) is 5.69 Å². The van der Waals surface area contributed by atoms with E-state index in [0.29, 0.717) is 43.2 Å². The fourth-order valence-corrected chi connectivity index (χ4v) is 5.47. The number of nitrogens with zero attached hydrogens (tertiary/aromatic N) is 3. The first-order valence-electron chi connectivity index (χ1n) is 10.8. The number of para-hydroxylation sites is 2. The van der Waals surface area contributed by atoms with Gasteiger partial charge in [0.2, 0.25) is 10.0 Å². The molecule has 0 spiro atoms. The molecular weight excluding hydrogens is 444 g/mol. The minimum Gasteiger partial charge on any atom is -0.486 e. The van der Waals surface area contributed by atoms with Crippen molar-refractivity contribution in [1.29, 1.82) is 0 Å². The minimum absolute atomic E-state index is 0.199. The van der Waals surface area contributed by atoms with E-state index in [2.05, 4.69) is 10.4 Å². The molecule has 0 aliphatic carbocycles. The molecule has 1 amide bonds. The van der Waals surface area contributed by atoms with Gasteiger partial charge in [0.15, 0.2) is 17.6 Å². The van der Waals surface area contributed by atoms with Gasteiger partial charge in [0.1, 0.15) is 6.61 Å². The second kappa shape index (κ2) is 8.87. The van der Waals surface area contributed by atoms with Crippen molar-refractivity contribution >= 4 is 21.6 Å². The van der Waals surface area contributed by atoms with Crippen LogP contribution in [0.3, 0.4) is 0 Å². The zero-order valence-electron chi connectivity index (χ0n) is 17.9. The summed E-state index contributed by atoms with van der Waals surface area (Å²) < 4.78 is 40.1. The van der Waals surface area contributed by atoms with Gasteiger partial charge < -0.3 is 14.8 Å². The predicted molar refractivity (Wildman–Crippen MR) is 121 cm³/mol. The van der Waals surface area contributed by atoms with Gasteiger partial charge in [-0.25, -0.2) is 8.42 Å². The van der Waals surface area contributed by atoms with E-state index < -0.39 is 10.0 Å². The fourth-order valence-electron chi connectivity index (χ4n) is 3.95. The smallest absolute Gasteiger partial charge is 0.255 e. The molecule has 1 atom stereocenters. The first kappa shape index (κ1) is 21.5. The van der Waals surface area contributed by atoms with Crippen LogP contribution >= 0.6 is 0 Å². The summed E-state index contributed by atoms with van der Waals surface area (Å²) in [5.74, 6) is 1.08. The highest BCUT2D eigenvalue weighted by Gasteiger charge is 2.27. The van der Waals surface area contributed by atoms with Crippen LogP contribution in [-0.2, 0) is 16.6 Å². The fraction of sp³-hybridized carbons (Fsp3) is 0.304. The molecule has 1 N–H and O–H groups in total. The largest absolute Gasteiger partial charge is 0.486 e. The molecule has 0 bridgehead atoms. The Balaban J connectivity index is 1.20. The molecule has 2 aromatic carbocycles. The molecule has 33 heavy (non-hydrogen) atoms. The van der Waals surface area contributed by atoms with Crippen LogP contribution in [0.2, 0.25) is 0 Å². The minimum atomic E-state index is -3.50. The third kappa shape index (κ3) is 4.57. The van der Waals surface area contributed by atoms with E-state index in [9.17, 15) is 13.2 Å². The number of carbonyl (C=O) groups is 1. The van der Waals surface area contributed by atoms with E-state index in [-0.39, 0.29) is 16.9 Å². The number of fused-ring (bicyclic) bond motifs is 1. The van der Waals surface area contributed by atoms with Crippen LogP contribution in [0.15, 0.2) is 65.8 Å². The summed E-state index contributed by atoms with van der Waals surface area (Å²) >= 11 is 0. The highest BCUT2D eigenvalue weighted by atomic mass is 32.2.